The number of piperazine rings is 1. The Labute approximate surface area is 75.1 Å². The summed E-state index contributed by atoms with van der Waals surface area (Å²) >= 11 is 0. The highest BCUT2D eigenvalue weighted by Gasteiger charge is 2.23. The minimum absolute atomic E-state index is 0.811. The van der Waals surface area contributed by atoms with Gasteiger partial charge < -0.3 is 5.32 Å². The summed E-state index contributed by atoms with van der Waals surface area (Å²) < 4.78 is 16.9. The van der Waals surface area contributed by atoms with Crippen LogP contribution in [-0.2, 0) is 4.18 Å². The van der Waals surface area contributed by atoms with Gasteiger partial charge in [0.25, 0.3) is 0 Å². The topological polar surface area (TPSA) is 44.7 Å². The molecule has 12 heavy (non-hydrogen) atoms. The van der Waals surface area contributed by atoms with E-state index in [0.717, 1.165) is 26.2 Å². The SMILES string of the molecule is C=CS(O)(OC)N1CCNCC1. The largest absolute Gasteiger partial charge is 0.314 e. The fourth-order valence-electron chi connectivity index (χ4n) is 1.18. The number of nitrogens with zero attached hydrogens (tertiary/aromatic N) is 1. The van der Waals surface area contributed by atoms with E-state index in [0.29, 0.717) is 0 Å². The van der Waals surface area contributed by atoms with Gasteiger partial charge in [-0.1, -0.05) is 6.58 Å². The van der Waals surface area contributed by atoms with Gasteiger partial charge >= 0.3 is 0 Å². The van der Waals surface area contributed by atoms with Gasteiger partial charge in [0.05, 0.1) is 7.11 Å². The standard InChI is InChI=1S/C7H16N2O2S/c1-3-12(10,11-2)9-6-4-8-5-7-9/h3,8,10H,1,4-7H2,2H3. The van der Waals surface area contributed by atoms with Gasteiger partial charge in [0.2, 0.25) is 0 Å². The predicted molar refractivity (Wildman–Crippen MR) is 51.9 cm³/mol. The molecule has 0 aromatic rings. The maximum atomic E-state index is 9.89. The molecular formula is C7H16N2O2S. The summed E-state index contributed by atoms with van der Waals surface area (Å²) in [5.74, 6) is 0. The summed E-state index contributed by atoms with van der Waals surface area (Å²) in [6.07, 6.45) is 0. The molecule has 0 saturated carbocycles. The first-order chi connectivity index (χ1) is 5.73. The first kappa shape index (κ1) is 10.0. The van der Waals surface area contributed by atoms with Crippen LogP contribution in [0.3, 0.4) is 0 Å². The van der Waals surface area contributed by atoms with Crippen LogP contribution in [0.2, 0.25) is 0 Å². The second-order valence-corrected chi connectivity index (χ2v) is 4.81. The number of rotatable bonds is 3. The summed E-state index contributed by atoms with van der Waals surface area (Å²) in [4.78, 5) is 0. The molecule has 5 heteroatoms. The van der Waals surface area contributed by atoms with E-state index < -0.39 is 10.8 Å². The molecule has 1 aliphatic heterocycles. The van der Waals surface area contributed by atoms with E-state index in [9.17, 15) is 4.55 Å². The molecule has 0 aromatic carbocycles. The van der Waals surface area contributed by atoms with Crippen molar-refractivity contribution in [1.29, 1.82) is 0 Å². The van der Waals surface area contributed by atoms with Gasteiger partial charge in [-0.05, 0) is 0 Å². The van der Waals surface area contributed by atoms with Crippen LogP contribution < -0.4 is 5.32 Å². The third-order valence-electron chi connectivity index (χ3n) is 1.91. The Hall–Kier alpha value is -0.0700. The third kappa shape index (κ3) is 1.99. The molecule has 1 aliphatic rings. The average molecular weight is 192 g/mol. The van der Waals surface area contributed by atoms with Crippen LogP contribution in [0.4, 0.5) is 0 Å². The molecule has 1 saturated heterocycles. The molecule has 0 amide bonds. The Morgan fingerprint density at radius 3 is 2.58 bits per heavy atom. The molecule has 1 rings (SSSR count). The van der Waals surface area contributed by atoms with E-state index in [1.807, 2.05) is 4.31 Å². The van der Waals surface area contributed by atoms with Crippen molar-refractivity contribution in [2.24, 2.45) is 0 Å². The van der Waals surface area contributed by atoms with Crippen molar-refractivity contribution in [3.63, 3.8) is 0 Å². The van der Waals surface area contributed by atoms with Crippen LogP contribution in [0, 0.1) is 0 Å². The van der Waals surface area contributed by atoms with Crippen molar-refractivity contribution in [2.75, 3.05) is 33.3 Å². The molecule has 0 aliphatic carbocycles. The van der Waals surface area contributed by atoms with Crippen LogP contribution in [0.25, 0.3) is 0 Å². The van der Waals surface area contributed by atoms with Crippen LogP contribution in [0.15, 0.2) is 12.0 Å². The second kappa shape index (κ2) is 4.25. The van der Waals surface area contributed by atoms with Crippen LogP contribution in [0.5, 0.6) is 0 Å². The van der Waals surface area contributed by atoms with E-state index in [1.165, 1.54) is 12.5 Å². The summed E-state index contributed by atoms with van der Waals surface area (Å²) in [6.45, 7) is 6.99. The van der Waals surface area contributed by atoms with E-state index in [1.54, 1.807) is 0 Å². The second-order valence-electron chi connectivity index (χ2n) is 2.55. The number of hydrogen-bond donors (Lipinski definition) is 2. The molecule has 0 radical (unpaired) electrons. The summed E-state index contributed by atoms with van der Waals surface area (Å²) in [6, 6.07) is 0. The minimum Gasteiger partial charge on any atom is -0.314 e. The highest BCUT2D eigenvalue weighted by atomic mass is 32.3. The molecule has 1 fully saturated rings. The molecular weight excluding hydrogens is 176 g/mol. The summed E-state index contributed by atoms with van der Waals surface area (Å²) in [7, 11) is -0.646. The van der Waals surface area contributed by atoms with Gasteiger partial charge in [0.1, 0.15) is 0 Å². The highest BCUT2D eigenvalue weighted by molar-refractivity contribution is 8.25. The Bertz CT molecular complexity index is 161. The van der Waals surface area contributed by atoms with Gasteiger partial charge in [-0.25, -0.2) is 0 Å². The van der Waals surface area contributed by atoms with Crippen molar-refractivity contribution in [2.45, 2.75) is 0 Å². The van der Waals surface area contributed by atoms with Crippen LogP contribution in [0.1, 0.15) is 0 Å². The number of hydrogen-bond acceptors (Lipinski definition) is 4. The Kier molecular flexibility index (Phi) is 3.54. The van der Waals surface area contributed by atoms with Crippen LogP contribution >= 0.6 is 10.8 Å². The van der Waals surface area contributed by atoms with Crippen molar-refractivity contribution in [1.82, 2.24) is 9.62 Å². The van der Waals surface area contributed by atoms with Gasteiger partial charge in [0.15, 0.2) is 0 Å². The van der Waals surface area contributed by atoms with Crippen LogP contribution in [-0.4, -0.2) is 42.1 Å². The predicted octanol–water partition coefficient (Wildman–Crippen LogP) is 0.789. The Balaban J connectivity index is 2.57. The normalized spacial score (nSPS) is 27.5. The smallest absolute Gasteiger partial charge is 0.0624 e. The van der Waals surface area contributed by atoms with Gasteiger partial charge in [-0.15, -0.1) is 10.8 Å². The van der Waals surface area contributed by atoms with Gasteiger partial charge in [-0.2, -0.15) is 4.31 Å². The average Bonchev–Trinajstić information content (AvgIpc) is 2.18. The summed E-state index contributed by atoms with van der Waals surface area (Å²) in [5, 5.41) is 4.70. The molecule has 1 heterocycles. The zero-order valence-corrected chi connectivity index (χ0v) is 8.14. The molecule has 72 valence electrons. The molecule has 1 atom stereocenters. The first-order valence-corrected chi connectivity index (χ1v) is 5.46. The first-order valence-electron chi connectivity index (χ1n) is 3.92. The lowest BCUT2D eigenvalue weighted by Gasteiger charge is -2.45. The lowest BCUT2D eigenvalue weighted by molar-refractivity contribution is 0.294. The fraction of sp³-hybridized carbons (Fsp3) is 0.714. The monoisotopic (exact) mass is 192 g/mol. The van der Waals surface area contributed by atoms with E-state index in [2.05, 4.69) is 11.9 Å². The van der Waals surface area contributed by atoms with Crippen molar-refractivity contribution in [3.05, 3.63) is 12.0 Å². The lowest BCUT2D eigenvalue weighted by Crippen LogP contribution is -2.44. The fourth-order valence-corrected chi connectivity index (χ4v) is 2.45. The quantitative estimate of drug-likeness (QED) is 0.694. The zero-order valence-electron chi connectivity index (χ0n) is 7.32. The summed E-state index contributed by atoms with van der Waals surface area (Å²) in [5.41, 5.74) is 0. The van der Waals surface area contributed by atoms with E-state index in [-0.39, 0.29) is 0 Å². The Morgan fingerprint density at radius 1 is 1.58 bits per heavy atom. The molecule has 4 nitrogen and oxygen atoms in total. The third-order valence-corrected chi connectivity index (χ3v) is 3.94. The van der Waals surface area contributed by atoms with Crippen molar-refractivity contribution < 1.29 is 8.74 Å². The van der Waals surface area contributed by atoms with Crippen molar-refractivity contribution in [3.8, 4) is 0 Å². The minimum atomic E-state index is -2.16. The Morgan fingerprint density at radius 2 is 2.17 bits per heavy atom. The van der Waals surface area contributed by atoms with Gasteiger partial charge in [0, 0.05) is 31.6 Å². The lowest BCUT2D eigenvalue weighted by atomic mass is 10.4. The van der Waals surface area contributed by atoms with E-state index >= 15 is 0 Å². The molecule has 0 aromatic heterocycles. The number of nitrogens with one attached hydrogen (secondary N) is 1. The molecule has 0 bridgehead atoms. The molecule has 0 spiro atoms. The zero-order chi connectivity index (χ0) is 9.03. The molecule has 2 N–H and O–H groups in total. The van der Waals surface area contributed by atoms with Gasteiger partial charge in [-0.3, -0.25) is 8.74 Å². The van der Waals surface area contributed by atoms with E-state index in [4.69, 9.17) is 4.18 Å². The maximum Gasteiger partial charge on any atom is 0.0624 e. The maximum absolute atomic E-state index is 9.89. The highest BCUT2D eigenvalue weighted by Crippen LogP contribution is 2.48. The molecule has 1 unspecified atom stereocenters. The van der Waals surface area contributed by atoms with Crippen molar-refractivity contribution >= 4 is 10.8 Å².